The number of hydrogen-bond acceptors (Lipinski definition) is 2. The maximum atomic E-state index is 6.12. The third kappa shape index (κ3) is 6.33. The first-order valence-corrected chi connectivity index (χ1v) is 10.1. The molecule has 1 fully saturated rings. The molecule has 2 nitrogen and oxygen atoms in total. The first-order chi connectivity index (χ1) is 11.7. The second kappa shape index (κ2) is 8.58. The molecule has 142 valence electrons. The normalized spacial score (nSPS) is 18.2. The van der Waals surface area contributed by atoms with E-state index in [1.54, 1.807) is 0 Å². The van der Waals surface area contributed by atoms with Gasteiger partial charge in [-0.05, 0) is 54.2 Å². The van der Waals surface area contributed by atoms with Crippen LogP contribution < -0.4 is 4.74 Å². The summed E-state index contributed by atoms with van der Waals surface area (Å²) >= 11 is 0. The number of hydrogen-bond donors (Lipinski definition) is 0. The maximum absolute atomic E-state index is 6.12. The van der Waals surface area contributed by atoms with E-state index in [-0.39, 0.29) is 5.41 Å². The molecular formula is C23H38O2. The molecule has 0 radical (unpaired) electrons. The van der Waals surface area contributed by atoms with Crippen molar-refractivity contribution in [1.29, 1.82) is 0 Å². The van der Waals surface area contributed by atoms with Crippen molar-refractivity contribution in [3.8, 4) is 5.75 Å². The van der Waals surface area contributed by atoms with Crippen LogP contribution in [0.2, 0.25) is 0 Å². The van der Waals surface area contributed by atoms with Crippen molar-refractivity contribution in [2.45, 2.75) is 91.8 Å². The minimum atomic E-state index is -0.576. The van der Waals surface area contributed by atoms with Gasteiger partial charge in [-0.1, -0.05) is 59.1 Å². The molecule has 0 amide bonds. The lowest BCUT2D eigenvalue weighted by molar-refractivity contribution is -0.166. The second-order valence-corrected chi connectivity index (χ2v) is 9.21. The van der Waals surface area contributed by atoms with Crippen LogP contribution in [0.3, 0.4) is 0 Å². The average Bonchev–Trinajstić information content (AvgIpc) is 2.55. The Balaban J connectivity index is 1.92. The molecule has 0 bridgehead atoms. The first-order valence-electron chi connectivity index (χ1n) is 10.1. The van der Waals surface area contributed by atoms with Crippen LogP contribution in [0, 0.1) is 11.3 Å². The number of benzene rings is 1. The van der Waals surface area contributed by atoms with E-state index in [1.807, 2.05) is 13.8 Å². The molecule has 2 heteroatoms. The van der Waals surface area contributed by atoms with E-state index in [4.69, 9.17) is 9.47 Å². The molecule has 25 heavy (non-hydrogen) atoms. The van der Waals surface area contributed by atoms with Gasteiger partial charge in [0, 0.05) is 13.8 Å². The molecule has 1 unspecified atom stereocenters. The van der Waals surface area contributed by atoms with Crippen LogP contribution in [0.5, 0.6) is 5.75 Å². The third-order valence-corrected chi connectivity index (χ3v) is 5.49. The molecule has 2 rings (SSSR count). The zero-order valence-electron chi connectivity index (χ0n) is 17.2. The fourth-order valence-corrected chi connectivity index (χ4v) is 4.10. The van der Waals surface area contributed by atoms with E-state index in [2.05, 4.69) is 52.0 Å². The van der Waals surface area contributed by atoms with Gasteiger partial charge < -0.3 is 9.47 Å². The average molecular weight is 347 g/mol. The lowest BCUT2D eigenvalue weighted by Gasteiger charge is -2.31. The molecule has 1 atom stereocenters. The highest BCUT2D eigenvalue weighted by Gasteiger charge is 2.26. The SMILES string of the molecule is CCC(c1ccc(OC(C)(C)OCC2CCCCC2)cc1)C(C)(C)C. The molecule has 0 spiro atoms. The van der Waals surface area contributed by atoms with Gasteiger partial charge >= 0.3 is 0 Å². The lowest BCUT2D eigenvalue weighted by atomic mass is 9.75. The van der Waals surface area contributed by atoms with Crippen LogP contribution in [-0.2, 0) is 4.74 Å². The smallest absolute Gasteiger partial charge is 0.204 e. The Morgan fingerprint density at radius 2 is 1.56 bits per heavy atom. The Labute approximate surface area is 155 Å². The van der Waals surface area contributed by atoms with Gasteiger partial charge in [0.2, 0.25) is 5.79 Å². The summed E-state index contributed by atoms with van der Waals surface area (Å²) < 4.78 is 12.2. The summed E-state index contributed by atoms with van der Waals surface area (Å²) in [4.78, 5) is 0. The van der Waals surface area contributed by atoms with E-state index in [0.717, 1.165) is 18.8 Å². The van der Waals surface area contributed by atoms with Crippen LogP contribution >= 0.6 is 0 Å². The summed E-state index contributed by atoms with van der Waals surface area (Å²) in [7, 11) is 0. The molecule has 1 aliphatic carbocycles. The molecule has 0 N–H and O–H groups in total. The van der Waals surface area contributed by atoms with Crippen molar-refractivity contribution in [1.82, 2.24) is 0 Å². The standard InChI is InChI=1S/C23H38O2/c1-7-21(22(2,3)4)19-13-15-20(16-14-19)25-23(5,6)24-17-18-11-9-8-10-12-18/h13-16,18,21H,7-12,17H2,1-6H3. The Morgan fingerprint density at radius 3 is 2.08 bits per heavy atom. The molecule has 1 aromatic carbocycles. The summed E-state index contributed by atoms with van der Waals surface area (Å²) in [6.07, 6.45) is 7.84. The Kier molecular flexibility index (Phi) is 6.96. The van der Waals surface area contributed by atoms with Gasteiger partial charge in [-0.3, -0.25) is 0 Å². The zero-order chi connectivity index (χ0) is 18.5. The van der Waals surface area contributed by atoms with Gasteiger partial charge in [0.15, 0.2) is 0 Å². The van der Waals surface area contributed by atoms with Crippen LogP contribution in [-0.4, -0.2) is 12.4 Å². The van der Waals surface area contributed by atoms with Crippen LogP contribution in [0.25, 0.3) is 0 Å². The Morgan fingerprint density at radius 1 is 0.960 bits per heavy atom. The van der Waals surface area contributed by atoms with E-state index in [1.165, 1.54) is 37.7 Å². The fraction of sp³-hybridized carbons (Fsp3) is 0.739. The second-order valence-electron chi connectivity index (χ2n) is 9.21. The molecule has 1 aromatic rings. The number of rotatable bonds is 7. The van der Waals surface area contributed by atoms with Crippen LogP contribution in [0.15, 0.2) is 24.3 Å². The van der Waals surface area contributed by atoms with Crippen molar-refractivity contribution >= 4 is 0 Å². The molecule has 0 heterocycles. The first kappa shape index (κ1) is 20.3. The van der Waals surface area contributed by atoms with Crippen molar-refractivity contribution in [2.75, 3.05) is 6.61 Å². The molecule has 1 saturated carbocycles. The summed E-state index contributed by atoms with van der Waals surface area (Å²) in [5, 5.41) is 0. The molecular weight excluding hydrogens is 308 g/mol. The van der Waals surface area contributed by atoms with Gasteiger partial charge in [-0.2, -0.15) is 0 Å². The lowest BCUT2D eigenvalue weighted by Crippen LogP contribution is -2.34. The van der Waals surface area contributed by atoms with Crippen LogP contribution in [0.4, 0.5) is 0 Å². The Bertz CT molecular complexity index is 504. The van der Waals surface area contributed by atoms with Crippen molar-refractivity contribution in [3.63, 3.8) is 0 Å². The molecule has 0 aliphatic heterocycles. The molecule has 1 aliphatic rings. The van der Waals surface area contributed by atoms with Crippen LogP contribution in [0.1, 0.15) is 91.5 Å². The minimum Gasteiger partial charge on any atom is -0.463 e. The van der Waals surface area contributed by atoms with E-state index in [9.17, 15) is 0 Å². The summed E-state index contributed by atoms with van der Waals surface area (Å²) in [6, 6.07) is 8.61. The minimum absolute atomic E-state index is 0.277. The maximum Gasteiger partial charge on any atom is 0.204 e. The highest BCUT2D eigenvalue weighted by molar-refractivity contribution is 5.30. The molecule has 0 saturated heterocycles. The van der Waals surface area contributed by atoms with E-state index in [0.29, 0.717) is 11.8 Å². The van der Waals surface area contributed by atoms with Gasteiger partial charge in [-0.15, -0.1) is 0 Å². The summed E-state index contributed by atoms with van der Waals surface area (Å²) in [5.74, 6) is 1.59. The monoisotopic (exact) mass is 346 g/mol. The highest BCUT2D eigenvalue weighted by Crippen LogP contribution is 2.38. The summed E-state index contributed by atoms with van der Waals surface area (Å²) in [6.45, 7) is 14.1. The summed E-state index contributed by atoms with van der Waals surface area (Å²) in [5.41, 5.74) is 1.67. The highest BCUT2D eigenvalue weighted by atomic mass is 16.7. The fourth-order valence-electron chi connectivity index (χ4n) is 4.10. The largest absolute Gasteiger partial charge is 0.463 e. The zero-order valence-corrected chi connectivity index (χ0v) is 17.2. The quantitative estimate of drug-likeness (QED) is 0.498. The van der Waals surface area contributed by atoms with Gasteiger partial charge in [0.1, 0.15) is 5.75 Å². The third-order valence-electron chi connectivity index (χ3n) is 5.49. The topological polar surface area (TPSA) is 18.5 Å². The predicted molar refractivity (Wildman–Crippen MR) is 106 cm³/mol. The van der Waals surface area contributed by atoms with Crippen molar-refractivity contribution in [2.24, 2.45) is 11.3 Å². The number of ether oxygens (including phenoxy) is 2. The van der Waals surface area contributed by atoms with Crippen molar-refractivity contribution in [3.05, 3.63) is 29.8 Å². The predicted octanol–water partition coefficient (Wildman–Crippen LogP) is 6.94. The molecule has 0 aromatic heterocycles. The van der Waals surface area contributed by atoms with Crippen molar-refractivity contribution < 1.29 is 9.47 Å². The Hall–Kier alpha value is -1.02. The van der Waals surface area contributed by atoms with E-state index >= 15 is 0 Å². The van der Waals surface area contributed by atoms with Gasteiger partial charge in [-0.25, -0.2) is 0 Å². The van der Waals surface area contributed by atoms with Gasteiger partial charge in [0.25, 0.3) is 0 Å². The van der Waals surface area contributed by atoms with E-state index < -0.39 is 5.79 Å². The van der Waals surface area contributed by atoms with Gasteiger partial charge in [0.05, 0.1) is 6.61 Å².